The Balaban J connectivity index is 1.49. The first-order chi connectivity index (χ1) is 12.6. The molecule has 0 radical (unpaired) electrons. The van der Waals surface area contributed by atoms with Gasteiger partial charge in [0.2, 0.25) is 0 Å². The zero-order chi connectivity index (χ0) is 18.1. The average molecular weight is 376 g/mol. The molecule has 0 atom stereocenters. The molecule has 1 saturated heterocycles. The van der Waals surface area contributed by atoms with Gasteiger partial charge in [0.05, 0.1) is 19.7 Å². The molecule has 3 heterocycles. The van der Waals surface area contributed by atoms with E-state index in [0.29, 0.717) is 49.1 Å². The van der Waals surface area contributed by atoms with E-state index in [1.807, 2.05) is 0 Å². The van der Waals surface area contributed by atoms with E-state index in [1.165, 1.54) is 5.06 Å². The number of nitrogens with zero attached hydrogens (tertiary/aromatic N) is 3. The van der Waals surface area contributed by atoms with E-state index in [1.54, 1.807) is 29.2 Å². The standard InChI is InChI=1S/C17H18ClN5O3/c18-11-3-1-4-12(9-11)19-17(25)22-7-5-14-13(10-22)15(21-20-14)16(24)23-6-2-8-26-23/h1,3-4,9H,2,5-8,10H2,(H,19,25)(H,20,21). The minimum Gasteiger partial charge on any atom is -0.320 e. The van der Waals surface area contributed by atoms with E-state index >= 15 is 0 Å². The fourth-order valence-electron chi connectivity index (χ4n) is 3.14. The molecule has 3 amide bonds. The Morgan fingerprint density at radius 3 is 2.96 bits per heavy atom. The lowest BCUT2D eigenvalue weighted by Gasteiger charge is -2.27. The Labute approximate surface area is 155 Å². The van der Waals surface area contributed by atoms with Gasteiger partial charge in [0.15, 0.2) is 5.69 Å². The predicted octanol–water partition coefficient (Wildman–Crippen LogP) is 2.43. The molecule has 2 aliphatic rings. The summed E-state index contributed by atoms with van der Waals surface area (Å²) in [5, 5.41) is 11.8. The second-order valence-corrected chi connectivity index (χ2v) is 6.67. The number of nitrogens with one attached hydrogen (secondary N) is 2. The Hall–Kier alpha value is -2.58. The zero-order valence-electron chi connectivity index (χ0n) is 14.0. The van der Waals surface area contributed by atoms with Crippen LogP contribution in [0.15, 0.2) is 24.3 Å². The number of aromatic nitrogens is 2. The molecule has 1 fully saturated rings. The van der Waals surface area contributed by atoms with Crippen molar-refractivity contribution >= 4 is 29.2 Å². The first-order valence-corrected chi connectivity index (χ1v) is 8.82. The highest BCUT2D eigenvalue weighted by atomic mass is 35.5. The predicted molar refractivity (Wildman–Crippen MR) is 94.8 cm³/mol. The molecule has 0 saturated carbocycles. The number of benzene rings is 1. The Kier molecular flexibility index (Phi) is 4.52. The molecule has 1 aromatic carbocycles. The van der Waals surface area contributed by atoms with Crippen molar-refractivity contribution in [3.8, 4) is 0 Å². The molecule has 136 valence electrons. The Morgan fingerprint density at radius 1 is 1.31 bits per heavy atom. The number of anilines is 1. The molecular formula is C17H18ClN5O3. The number of hydroxylamine groups is 2. The third-order valence-corrected chi connectivity index (χ3v) is 4.71. The molecule has 0 spiro atoms. The largest absolute Gasteiger partial charge is 0.322 e. The maximum atomic E-state index is 12.6. The Bertz CT molecular complexity index is 847. The van der Waals surface area contributed by atoms with Crippen LogP contribution >= 0.6 is 11.6 Å². The molecule has 2 N–H and O–H groups in total. The van der Waals surface area contributed by atoms with Crippen LogP contribution in [0.25, 0.3) is 0 Å². The lowest BCUT2D eigenvalue weighted by Crippen LogP contribution is -2.39. The summed E-state index contributed by atoms with van der Waals surface area (Å²) in [6.45, 7) is 1.94. The third-order valence-electron chi connectivity index (χ3n) is 4.48. The molecule has 4 rings (SSSR count). The third kappa shape index (κ3) is 3.25. The van der Waals surface area contributed by atoms with Crippen LogP contribution in [0.4, 0.5) is 10.5 Å². The van der Waals surface area contributed by atoms with E-state index in [4.69, 9.17) is 16.4 Å². The summed E-state index contributed by atoms with van der Waals surface area (Å²) in [7, 11) is 0. The number of hydrogen-bond donors (Lipinski definition) is 2. The summed E-state index contributed by atoms with van der Waals surface area (Å²) in [6, 6.07) is 6.74. The highest BCUT2D eigenvalue weighted by Gasteiger charge is 2.31. The van der Waals surface area contributed by atoms with Crippen molar-refractivity contribution in [2.24, 2.45) is 0 Å². The van der Waals surface area contributed by atoms with Gasteiger partial charge < -0.3 is 10.2 Å². The van der Waals surface area contributed by atoms with Crippen LogP contribution in [0.2, 0.25) is 5.02 Å². The number of amides is 3. The minimum absolute atomic E-state index is 0.241. The minimum atomic E-state index is -0.267. The molecule has 0 aliphatic carbocycles. The zero-order valence-corrected chi connectivity index (χ0v) is 14.8. The number of aromatic amines is 1. The second kappa shape index (κ2) is 6.97. The SMILES string of the molecule is O=C(Nc1cccc(Cl)c1)N1CCc2[nH]nc(C(=O)N3CCCO3)c2C1. The van der Waals surface area contributed by atoms with Crippen LogP contribution in [0.1, 0.15) is 28.2 Å². The van der Waals surface area contributed by atoms with Crippen LogP contribution in [-0.4, -0.2) is 51.8 Å². The molecule has 2 aromatic rings. The van der Waals surface area contributed by atoms with E-state index in [-0.39, 0.29) is 11.9 Å². The summed E-state index contributed by atoms with van der Waals surface area (Å²) in [5.41, 5.74) is 2.58. The summed E-state index contributed by atoms with van der Waals surface area (Å²) < 4.78 is 0. The van der Waals surface area contributed by atoms with Crippen LogP contribution < -0.4 is 5.32 Å². The van der Waals surface area contributed by atoms with Crippen molar-refractivity contribution in [3.05, 3.63) is 46.2 Å². The Morgan fingerprint density at radius 2 is 2.19 bits per heavy atom. The van der Waals surface area contributed by atoms with Crippen LogP contribution in [0.5, 0.6) is 0 Å². The number of halogens is 1. The molecular weight excluding hydrogens is 358 g/mol. The van der Waals surface area contributed by atoms with Gasteiger partial charge >= 0.3 is 6.03 Å². The highest BCUT2D eigenvalue weighted by molar-refractivity contribution is 6.30. The molecule has 8 nitrogen and oxygen atoms in total. The van der Waals surface area contributed by atoms with Crippen molar-refractivity contribution in [2.75, 3.05) is 25.0 Å². The highest BCUT2D eigenvalue weighted by Crippen LogP contribution is 2.23. The van der Waals surface area contributed by atoms with Crippen molar-refractivity contribution in [1.82, 2.24) is 20.2 Å². The van der Waals surface area contributed by atoms with Crippen LogP contribution in [0.3, 0.4) is 0 Å². The maximum Gasteiger partial charge on any atom is 0.322 e. The lowest BCUT2D eigenvalue weighted by molar-refractivity contribution is -0.0772. The van der Waals surface area contributed by atoms with Crippen molar-refractivity contribution in [1.29, 1.82) is 0 Å². The van der Waals surface area contributed by atoms with Gasteiger partial charge in [-0.05, 0) is 24.6 Å². The fraction of sp³-hybridized carbons (Fsp3) is 0.353. The van der Waals surface area contributed by atoms with Gasteiger partial charge in [-0.15, -0.1) is 0 Å². The van der Waals surface area contributed by atoms with Gasteiger partial charge in [-0.1, -0.05) is 17.7 Å². The van der Waals surface area contributed by atoms with Gasteiger partial charge in [0.1, 0.15) is 0 Å². The monoisotopic (exact) mass is 375 g/mol. The summed E-state index contributed by atoms with van der Waals surface area (Å²) in [5.74, 6) is -0.267. The number of carbonyl (C=O) groups is 2. The van der Waals surface area contributed by atoms with Gasteiger partial charge in [-0.25, -0.2) is 9.86 Å². The molecule has 0 bridgehead atoms. The smallest absolute Gasteiger partial charge is 0.320 e. The topological polar surface area (TPSA) is 90.6 Å². The lowest BCUT2D eigenvalue weighted by atomic mass is 10.1. The summed E-state index contributed by atoms with van der Waals surface area (Å²) in [4.78, 5) is 32.1. The fourth-order valence-corrected chi connectivity index (χ4v) is 3.33. The molecule has 9 heteroatoms. The van der Waals surface area contributed by atoms with E-state index < -0.39 is 0 Å². The summed E-state index contributed by atoms with van der Waals surface area (Å²) in [6.07, 6.45) is 1.42. The van der Waals surface area contributed by atoms with Gasteiger partial charge in [0.25, 0.3) is 5.91 Å². The van der Waals surface area contributed by atoms with E-state index in [9.17, 15) is 9.59 Å². The molecule has 0 unspecified atom stereocenters. The average Bonchev–Trinajstić information content (AvgIpc) is 3.30. The molecule has 2 aliphatic heterocycles. The first kappa shape index (κ1) is 16.9. The van der Waals surface area contributed by atoms with Gasteiger partial charge in [0, 0.05) is 34.9 Å². The van der Waals surface area contributed by atoms with Gasteiger partial charge in [-0.2, -0.15) is 5.10 Å². The normalized spacial score (nSPS) is 16.5. The second-order valence-electron chi connectivity index (χ2n) is 6.24. The number of fused-ring (bicyclic) bond motifs is 1. The van der Waals surface area contributed by atoms with Crippen LogP contribution in [-0.2, 0) is 17.8 Å². The molecule has 26 heavy (non-hydrogen) atoms. The van der Waals surface area contributed by atoms with Crippen molar-refractivity contribution in [3.63, 3.8) is 0 Å². The number of rotatable bonds is 2. The van der Waals surface area contributed by atoms with Gasteiger partial charge in [-0.3, -0.25) is 14.7 Å². The quantitative estimate of drug-likeness (QED) is 0.843. The molecule has 1 aromatic heterocycles. The summed E-state index contributed by atoms with van der Waals surface area (Å²) >= 11 is 5.95. The number of hydrogen-bond acceptors (Lipinski definition) is 4. The van der Waals surface area contributed by atoms with E-state index in [0.717, 1.165) is 17.7 Å². The number of urea groups is 1. The van der Waals surface area contributed by atoms with Crippen molar-refractivity contribution in [2.45, 2.75) is 19.4 Å². The first-order valence-electron chi connectivity index (χ1n) is 8.44. The maximum absolute atomic E-state index is 12.6. The number of H-pyrrole nitrogens is 1. The number of carbonyl (C=O) groups excluding carboxylic acids is 2. The van der Waals surface area contributed by atoms with Crippen molar-refractivity contribution < 1.29 is 14.4 Å². The van der Waals surface area contributed by atoms with E-state index in [2.05, 4.69) is 15.5 Å². The van der Waals surface area contributed by atoms with Crippen LogP contribution in [0, 0.1) is 0 Å².